The number of carbonyl (C=O) groups is 2. The molecular weight excluding hydrogens is 230 g/mol. The lowest BCUT2D eigenvalue weighted by molar-refractivity contribution is -0.141. The molecule has 5 heteroatoms. The Morgan fingerprint density at radius 3 is 2.12 bits per heavy atom. The standard InChI is InChI=1S/C12H10F2O3/c13-9-1-7-3-12(6-15,5-11(16)17)4-8(7)2-10(9)14/h1-2,6H,3-5H2,(H,16,17). The Balaban J connectivity index is 2.36. The number of carboxylic acids is 1. The molecule has 3 nitrogen and oxygen atoms in total. The predicted octanol–water partition coefficient (Wildman–Crippen LogP) is 1.72. The molecule has 1 aromatic rings. The number of carboxylic acid groups (broad SMARTS) is 1. The molecule has 0 fully saturated rings. The molecule has 1 N–H and O–H groups in total. The Labute approximate surface area is 96.1 Å². The largest absolute Gasteiger partial charge is 0.481 e. The van der Waals surface area contributed by atoms with Gasteiger partial charge in [-0.2, -0.15) is 0 Å². The molecule has 0 saturated heterocycles. The van der Waals surface area contributed by atoms with Gasteiger partial charge in [0, 0.05) is 5.41 Å². The van der Waals surface area contributed by atoms with Crippen LogP contribution in [0.1, 0.15) is 17.5 Å². The smallest absolute Gasteiger partial charge is 0.304 e. The van der Waals surface area contributed by atoms with Gasteiger partial charge in [0.25, 0.3) is 0 Å². The van der Waals surface area contributed by atoms with Crippen molar-refractivity contribution in [2.45, 2.75) is 19.3 Å². The van der Waals surface area contributed by atoms with Crippen molar-refractivity contribution >= 4 is 12.3 Å². The number of benzene rings is 1. The van der Waals surface area contributed by atoms with Crippen molar-refractivity contribution in [2.24, 2.45) is 5.41 Å². The number of halogens is 2. The fourth-order valence-corrected chi connectivity index (χ4v) is 2.33. The molecule has 0 heterocycles. The Hall–Kier alpha value is -1.78. The SMILES string of the molecule is O=CC1(CC(=O)O)Cc2cc(F)c(F)cc2C1. The summed E-state index contributed by atoms with van der Waals surface area (Å²) in [6, 6.07) is 2.08. The number of aldehydes is 1. The molecule has 1 aliphatic carbocycles. The van der Waals surface area contributed by atoms with Gasteiger partial charge in [-0.05, 0) is 36.1 Å². The van der Waals surface area contributed by atoms with E-state index in [0.29, 0.717) is 17.4 Å². The minimum absolute atomic E-state index is 0.148. The third-order valence-electron chi connectivity index (χ3n) is 3.08. The van der Waals surface area contributed by atoms with Gasteiger partial charge in [-0.3, -0.25) is 4.79 Å². The van der Waals surface area contributed by atoms with Crippen LogP contribution in [0.2, 0.25) is 0 Å². The summed E-state index contributed by atoms with van der Waals surface area (Å²) < 4.78 is 26.0. The van der Waals surface area contributed by atoms with E-state index < -0.39 is 23.0 Å². The molecule has 0 atom stereocenters. The molecular formula is C12H10F2O3. The maximum atomic E-state index is 13.0. The summed E-state index contributed by atoms with van der Waals surface area (Å²) in [6.07, 6.45) is 0.552. The first kappa shape index (κ1) is 11.7. The number of carbonyl (C=O) groups excluding carboxylic acids is 1. The number of hydrogen-bond acceptors (Lipinski definition) is 2. The maximum Gasteiger partial charge on any atom is 0.304 e. The molecule has 0 aliphatic heterocycles. The molecule has 90 valence electrons. The average molecular weight is 240 g/mol. The van der Waals surface area contributed by atoms with E-state index in [4.69, 9.17) is 5.11 Å². The van der Waals surface area contributed by atoms with Crippen molar-refractivity contribution in [3.05, 3.63) is 34.9 Å². The fraction of sp³-hybridized carbons (Fsp3) is 0.333. The summed E-state index contributed by atoms with van der Waals surface area (Å²) in [4.78, 5) is 21.7. The second-order valence-corrected chi connectivity index (χ2v) is 4.44. The summed E-state index contributed by atoms with van der Waals surface area (Å²) in [5.74, 6) is -3.03. The highest BCUT2D eigenvalue weighted by atomic mass is 19.2. The highest BCUT2D eigenvalue weighted by Gasteiger charge is 2.39. The molecule has 0 spiro atoms. The quantitative estimate of drug-likeness (QED) is 0.818. The highest BCUT2D eigenvalue weighted by molar-refractivity contribution is 5.76. The van der Waals surface area contributed by atoms with Crippen molar-refractivity contribution in [3.8, 4) is 0 Å². The van der Waals surface area contributed by atoms with Crippen molar-refractivity contribution in [1.29, 1.82) is 0 Å². The second kappa shape index (κ2) is 3.91. The van der Waals surface area contributed by atoms with Gasteiger partial charge in [-0.25, -0.2) is 8.78 Å². The Bertz CT molecular complexity index is 466. The Morgan fingerprint density at radius 2 is 1.76 bits per heavy atom. The fourth-order valence-electron chi connectivity index (χ4n) is 2.33. The molecule has 0 unspecified atom stereocenters. The summed E-state index contributed by atoms with van der Waals surface area (Å²) in [6.45, 7) is 0. The normalized spacial score (nSPS) is 16.6. The lowest BCUT2D eigenvalue weighted by atomic mass is 9.83. The van der Waals surface area contributed by atoms with Crippen LogP contribution in [0.25, 0.3) is 0 Å². The average Bonchev–Trinajstić information content (AvgIpc) is 2.56. The van der Waals surface area contributed by atoms with E-state index in [1.807, 2.05) is 0 Å². The molecule has 17 heavy (non-hydrogen) atoms. The van der Waals surface area contributed by atoms with Gasteiger partial charge in [-0.1, -0.05) is 0 Å². The maximum absolute atomic E-state index is 13.0. The van der Waals surface area contributed by atoms with Gasteiger partial charge < -0.3 is 9.90 Å². The topological polar surface area (TPSA) is 54.4 Å². The van der Waals surface area contributed by atoms with Crippen molar-refractivity contribution in [1.82, 2.24) is 0 Å². The van der Waals surface area contributed by atoms with E-state index in [1.165, 1.54) is 0 Å². The van der Waals surface area contributed by atoms with E-state index in [1.54, 1.807) is 0 Å². The van der Waals surface area contributed by atoms with E-state index in [2.05, 4.69) is 0 Å². The highest BCUT2D eigenvalue weighted by Crippen LogP contribution is 2.38. The lowest BCUT2D eigenvalue weighted by Gasteiger charge is -2.18. The van der Waals surface area contributed by atoms with Gasteiger partial charge >= 0.3 is 5.97 Å². The molecule has 0 amide bonds. The molecule has 0 saturated carbocycles. The molecule has 1 aliphatic rings. The minimum atomic E-state index is -1.09. The van der Waals surface area contributed by atoms with Gasteiger partial charge in [0.05, 0.1) is 6.42 Å². The number of hydrogen-bond donors (Lipinski definition) is 1. The van der Waals surface area contributed by atoms with E-state index in [-0.39, 0.29) is 19.3 Å². The predicted molar refractivity (Wildman–Crippen MR) is 54.5 cm³/mol. The van der Waals surface area contributed by atoms with Crippen LogP contribution in [-0.4, -0.2) is 17.4 Å². The molecule has 0 aromatic heterocycles. The summed E-state index contributed by atoms with van der Waals surface area (Å²) in [5.41, 5.74) is -0.0384. The summed E-state index contributed by atoms with van der Waals surface area (Å²) in [5, 5.41) is 8.75. The lowest BCUT2D eigenvalue weighted by Crippen LogP contribution is -2.26. The minimum Gasteiger partial charge on any atom is -0.481 e. The zero-order valence-corrected chi connectivity index (χ0v) is 8.87. The third kappa shape index (κ3) is 2.05. The third-order valence-corrected chi connectivity index (χ3v) is 3.08. The first-order valence-corrected chi connectivity index (χ1v) is 5.11. The summed E-state index contributed by atoms with van der Waals surface area (Å²) >= 11 is 0. The first-order chi connectivity index (χ1) is 7.96. The van der Waals surface area contributed by atoms with E-state index >= 15 is 0 Å². The van der Waals surface area contributed by atoms with Gasteiger partial charge in [0.2, 0.25) is 0 Å². The Kier molecular flexibility index (Phi) is 2.69. The van der Waals surface area contributed by atoms with Crippen LogP contribution in [0.15, 0.2) is 12.1 Å². The molecule has 0 bridgehead atoms. The molecule has 2 rings (SSSR count). The van der Waals surface area contributed by atoms with Crippen LogP contribution >= 0.6 is 0 Å². The van der Waals surface area contributed by atoms with Crippen LogP contribution in [0.5, 0.6) is 0 Å². The molecule has 1 aromatic carbocycles. The first-order valence-electron chi connectivity index (χ1n) is 5.11. The second-order valence-electron chi connectivity index (χ2n) is 4.44. The zero-order valence-electron chi connectivity index (χ0n) is 8.87. The summed E-state index contributed by atoms with van der Waals surface area (Å²) in [7, 11) is 0. The van der Waals surface area contributed by atoms with Gasteiger partial charge in [0.15, 0.2) is 11.6 Å². The van der Waals surface area contributed by atoms with Gasteiger partial charge in [-0.15, -0.1) is 0 Å². The van der Waals surface area contributed by atoms with E-state index in [9.17, 15) is 18.4 Å². The van der Waals surface area contributed by atoms with E-state index in [0.717, 1.165) is 12.1 Å². The van der Waals surface area contributed by atoms with Crippen molar-refractivity contribution in [2.75, 3.05) is 0 Å². The number of aliphatic carboxylic acids is 1. The molecule has 0 radical (unpaired) electrons. The van der Waals surface area contributed by atoms with Crippen LogP contribution in [0, 0.1) is 17.0 Å². The van der Waals surface area contributed by atoms with Crippen molar-refractivity contribution < 1.29 is 23.5 Å². The number of rotatable bonds is 3. The van der Waals surface area contributed by atoms with Crippen LogP contribution in [-0.2, 0) is 22.4 Å². The van der Waals surface area contributed by atoms with Crippen molar-refractivity contribution in [3.63, 3.8) is 0 Å². The zero-order chi connectivity index (χ0) is 12.6. The van der Waals surface area contributed by atoms with Crippen LogP contribution in [0.4, 0.5) is 8.78 Å². The van der Waals surface area contributed by atoms with Crippen LogP contribution in [0.3, 0.4) is 0 Å². The monoisotopic (exact) mass is 240 g/mol. The number of fused-ring (bicyclic) bond motifs is 1. The van der Waals surface area contributed by atoms with Gasteiger partial charge in [0.1, 0.15) is 6.29 Å². The Morgan fingerprint density at radius 1 is 1.29 bits per heavy atom. The van der Waals surface area contributed by atoms with Crippen LogP contribution < -0.4 is 0 Å².